The molecule has 6 nitrogen and oxygen atoms in total. The summed E-state index contributed by atoms with van der Waals surface area (Å²) in [6, 6.07) is 4.84. The van der Waals surface area contributed by atoms with Crippen molar-refractivity contribution in [2.24, 2.45) is 0 Å². The van der Waals surface area contributed by atoms with Gasteiger partial charge < -0.3 is 14.6 Å². The van der Waals surface area contributed by atoms with Crippen molar-refractivity contribution in [3.05, 3.63) is 40.4 Å². The van der Waals surface area contributed by atoms with E-state index in [4.69, 9.17) is 27.9 Å². The topological polar surface area (TPSA) is 69.0 Å². The first-order chi connectivity index (χ1) is 10.5. The van der Waals surface area contributed by atoms with Gasteiger partial charge in [-0.1, -0.05) is 23.2 Å². The van der Waals surface area contributed by atoms with Crippen LogP contribution in [0.25, 0.3) is 0 Å². The van der Waals surface area contributed by atoms with E-state index in [0.29, 0.717) is 21.6 Å². The van der Waals surface area contributed by atoms with Crippen LogP contribution in [0.3, 0.4) is 0 Å². The monoisotopic (exact) mass is 342 g/mol. The molecule has 0 spiro atoms. The predicted octanol–water partition coefficient (Wildman–Crippen LogP) is 2.69. The van der Waals surface area contributed by atoms with E-state index in [1.54, 1.807) is 31.5 Å². The third kappa shape index (κ3) is 4.11. The van der Waals surface area contributed by atoms with E-state index in [0.717, 1.165) is 6.54 Å². The van der Waals surface area contributed by atoms with Gasteiger partial charge in [0, 0.05) is 11.6 Å². The van der Waals surface area contributed by atoms with Crippen LogP contribution in [-0.2, 0) is 17.9 Å². The lowest BCUT2D eigenvalue weighted by atomic mass is 10.3. The number of aromatic nitrogens is 3. The highest BCUT2D eigenvalue weighted by atomic mass is 35.5. The SMILES string of the molecule is CCn1cnnc1CNC(=O)[C@H](C)Oc1ccc(Cl)cc1Cl. The molecule has 0 aliphatic carbocycles. The second kappa shape index (κ2) is 7.47. The summed E-state index contributed by atoms with van der Waals surface area (Å²) in [5, 5.41) is 11.4. The first-order valence-electron chi connectivity index (χ1n) is 6.77. The normalized spacial score (nSPS) is 12.0. The molecule has 0 aliphatic rings. The van der Waals surface area contributed by atoms with E-state index < -0.39 is 6.10 Å². The first kappa shape index (κ1) is 16.6. The molecule has 1 amide bonds. The van der Waals surface area contributed by atoms with Crippen molar-refractivity contribution in [2.75, 3.05) is 0 Å². The number of amides is 1. The summed E-state index contributed by atoms with van der Waals surface area (Å²) in [5.74, 6) is 0.828. The van der Waals surface area contributed by atoms with E-state index in [9.17, 15) is 4.79 Å². The third-order valence-electron chi connectivity index (χ3n) is 3.02. The van der Waals surface area contributed by atoms with Gasteiger partial charge in [0.1, 0.15) is 12.1 Å². The average Bonchev–Trinajstić information content (AvgIpc) is 2.95. The van der Waals surface area contributed by atoms with Gasteiger partial charge in [-0.05, 0) is 32.0 Å². The molecular weight excluding hydrogens is 327 g/mol. The molecule has 2 aromatic rings. The fourth-order valence-corrected chi connectivity index (χ4v) is 2.26. The summed E-state index contributed by atoms with van der Waals surface area (Å²) in [6.07, 6.45) is 0.922. The molecule has 0 fully saturated rings. The van der Waals surface area contributed by atoms with E-state index >= 15 is 0 Å². The second-order valence-electron chi connectivity index (χ2n) is 4.59. The minimum atomic E-state index is -0.698. The zero-order valence-electron chi connectivity index (χ0n) is 12.2. The zero-order chi connectivity index (χ0) is 16.1. The number of carbonyl (C=O) groups is 1. The second-order valence-corrected chi connectivity index (χ2v) is 5.43. The first-order valence-corrected chi connectivity index (χ1v) is 7.53. The van der Waals surface area contributed by atoms with E-state index in [-0.39, 0.29) is 12.5 Å². The Balaban J connectivity index is 1.92. The van der Waals surface area contributed by atoms with Crippen LogP contribution in [0.2, 0.25) is 10.0 Å². The molecular formula is C14H16Cl2N4O2. The molecule has 22 heavy (non-hydrogen) atoms. The summed E-state index contributed by atoms with van der Waals surface area (Å²) in [4.78, 5) is 12.1. The van der Waals surface area contributed by atoms with Gasteiger partial charge in [0.05, 0.1) is 11.6 Å². The summed E-state index contributed by atoms with van der Waals surface area (Å²) in [5.41, 5.74) is 0. The van der Waals surface area contributed by atoms with Crippen LogP contribution in [0.15, 0.2) is 24.5 Å². The number of benzene rings is 1. The molecule has 0 saturated carbocycles. The number of carbonyl (C=O) groups excluding carboxylic acids is 1. The van der Waals surface area contributed by atoms with Gasteiger partial charge >= 0.3 is 0 Å². The molecule has 1 aromatic heterocycles. The Morgan fingerprint density at radius 1 is 1.45 bits per heavy atom. The Kier molecular flexibility index (Phi) is 5.63. The van der Waals surface area contributed by atoms with E-state index in [1.807, 2.05) is 11.5 Å². The highest BCUT2D eigenvalue weighted by molar-refractivity contribution is 6.35. The fraction of sp³-hybridized carbons (Fsp3) is 0.357. The minimum absolute atomic E-state index is 0.267. The van der Waals surface area contributed by atoms with Gasteiger partial charge in [0.15, 0.2) is 11.9 Å². The average molecular weight is 343 g/mol. The smallest absolute Gasteiger partial charge is 0.261 e. The van der Waals surface area contributed by atoms with Crippen molar-refractivity contribution in [1.82, 2.24) is 20.1 Å². The molecule has 0 bridgehead atoms. The maximum Gasteiger partial charge on any atom is 0.261 e. The number of rotatable bonds is 6. The molecule has 0 aliphatic heterocycles. The number of nitrogens with one attached hydrogen (secondary N) is 1. The number of nitrogens with zero attached hydrogens (tertiary/aromatic N) is 3. The van der Waals surface area contributed by atoms with Crippen LogP contribution in [0, 0.1) is 0 Å². The van der Waals surface area contributed by atoms with Crippen molar-refractivity contribution in [1.29, 1.82) is 0 Å². The van der Waals surface area contributed by atoms with Crippen molar-refractivity contribution in [3.8, 4) is 5.75 Å². The minimum Gasteiger partial charge on any atom is -0.479 e. The summed E-state index contributed by atoms with van der Waals surface area (Å²) in [6.45, 7) is 4.65. The predicted molar refractivity (Wildman–Crippen MR) is 84.1 cm³/mol. The summed E-state index contributed by atoms with van der Waals surface area (Å²) >= 11 is 11.8. The maximum atomic E-state index is 12.1. The van der Waals surface area contributed by atoms with Crippen LogP contribution in [0.5, 0.6) is 5.75 Å². The van der Waals surface area contributed by atoms with Gasteiger partial charge in [0.25, 0.3) is 5.91 Å². The van der Waals surface area contributed by atoms with Gasteiger partial charge in [-0.3, -0.25) is 4.79 Å². The molecule has 1 atom stereocenters. The Morgan fingerprint density at radius 3 is 2.91 bits per heavy atom. The third-order valence-corrected chi connectivity index (χ3v) is 3.55. The van der Waals surface area contributed by atoms with E-state index in [1.165, 1.54) is 0 Å². The van der Waals surface area contributed by atoms with Crippen molar-refractivity contribution in [2.45, 2.75) is 33.0 Å². The zero-order valence-corrected chi connectivity index (χ0v) is 13.7. The van der Waals surface area contributed by atoms with Crippen molar-refractivity contribution >= 4 is 29.1 Å². The fourth-order valence-electron chi connectivity index (χ4n) is 1.80. The van der Waals surface area contributed by atoms with E-state index in [2.05, 4.69) is 15.5 Å². The Labute approximate surface area is 138 Å². The lowest BCUT2D eigenvalue weighted by Gasteiger charge is -2.15. The lowest BCUT2D eigenvalue weighted by Crippen LogP contribution is -2.36. The highest BCUT2D eigenvalue weighted by Crippen LogP contribution is 2.28. The molecule has 8 heteroatoms. The summed E-state index contributed by atoms with van der Waals surface area (Å²) in [7, 11) is 0. The molecule has 1 N–H and O–H groups in total. The molecule has 0 unspecified atom stereocenters. The molecule has 0 saturated heterocycles. The van der Waals surface area contributed by atoms with Gasteiger partial charge in [-0.2, -0.15) is 0 Å². The van der Waals surface area contributed by atoms with Gasteiger partial charge in [0.2, 0.25) is 0 Å². The molecule has 1 aromatic carbocycles. The summed E-state index contributed by atoms with van der Waals surface area (Å²) < 4.78 is 7.39. The molecule has 1 heterocycles. The van der Waals surface area contributed by atoms with Gasteiger partial charge in [-0.25, -0.2) is 0 Å². The quantitative estimate of drug-likeness (QED) is 0.876. The number of halogens is 2. The van der Waals surface area contributed by atoms with Crippen LogP contribution < -0.4 is 10.1 Å². The Hall–Kier alpha value is -1.79. The number of hydrogen-bond acceptors (Lipinski definition) is 4. The molecule has 2 rings (SSSR count). The highest BCUT2D eigenvalue weighted by Gasteiger charge is 2.17. The van der Waals surface area contributed by atoms with Crippen molar-refractivity contribution in [3.63, 3.8) is 0 Å². The van der Waals surface area contributed by atoms with Crippen LogP contribution in [-0.4, -0.2) is 26.8 Å². The number of aryl methyl sites for hydroxylation is 1. The van der Waals surface area contributed by atoms with Crippen LogP contribution in [0.4, 0.5) is 0 Å². The van der Waals surface area contributed by atoms with Crippen LogP contribution in [0.1, 0.15) is 19.7 Å². The Bertz CT molecular complexity index is 660. The van der Waals surface area contributed by atoms with Crippen LogP contribution >= 0.6 is 23.2 Å². The number of ether oxygens (including phenoxy) is 1. The molecule has 118 valence electrons. The Morgan fingerprint density at radius 2 is 2.23 bits per heavy atom. The lowest BCUT2D eigenvalue weighted by molar-refractivity contribution is -0.127. The van der Waals surface area contributed by atoms with Gasteiger partial charge in [-0.15, -0.1) is 10.2 Å². The molecule has 0 radical (unpaired) electrons. The standard InChI is InChI=1S/C14H16Cl2N4O2/c1-3-20-8-18-19-13(20)7-17-14(21)9(2)22-12-5-4-10(15)6-11(12)16/h4-6,8-9H,3,7H2,1-2H3,(H,17,21)/t9-/m0/s1. The van der Waals surface area contributed by atoms with Crippen molar-refractivity contribution < 1.29 is 9.53 Å². The largest absolute Gasteiger partial charge is 0.479 e. The maximum absolute atomic E-state index is 12.1. The number of hydrogen-bond donors (Lipinski definition) is 1.